The van der Waals surface area contributed by atoms with Crippen LogP contribution in [-0.2, 0) is 6.54 Å². The molecule has 0 amide bonds. The van der Waals surface area contributed by atoms with Gasteiger partial charge in [0.05, 0.1) is 5.69 Å². The molecule has 0 fully saturated rings. The van der Waals surface area contributed by atoms with Gasteiger partial charge in [-0.25, -0.2) is 8.78 Å². The Kier molecular flexibility index (Phi) is 3.72. The molecule has 3 nitrogen and oxygen atoms in total. The molecule has 1 N–H and O–H groups in total. The van der Waals surface area contributed by atoms with E-state index < -0.39 is 11.6 Å². The van der Waals surface area contributed by atoms with Crippen LogP contribution in [0, 0.1) is 18.6 Å². The average Bonchev–Trinajstić information content (AvgIpc) is 2.75. The first-order valence-electron chi connectivity index (χ1n) is 5.67. The Bertz CT molecular complexity index is 540. The van der Waals surface area contributed by atoms with E-state index in [0.717, 1.165) is 23.6 Å². The number of aryl methyl sites for hydroxylation is 1. The monoisotopic (exact) mass is 252 g/mol. The fourth-order valence-electron chi connectivity index (χ4n) is 1.72. The van der Waals surface area contributed by atoms with Crippen LogP contribution >= 0.6 is 0 Å². The van der Waals surface area contributed by atoms with Crippen LogP contribution in [0.4, 0.5) is 8.78 Å². The van der Waals surface area contributed by atoms with E-state index in [2.05, 4.69) is 10.5 Å². The van der Waals surface area contributed by atoms with Crippen molar-refractivity contribution in [1.82, 2.24) is 10.5 Å². The lowest BCUT2D eigenvalue weighted by molar-refractivity contribution is 0.386. The van der Waals surface area contributed by atoms with Crippen LogP contribution in [0.1, 0.15) is 30.0 Å². The minimum atomic E-state index is -0.447. The fourth-order valence-corrected chi connectivity index (χ4v) is 1.72. The predicted octanol–water partition coefficient (Wildman–Crippen LogP) is 3.11. The summed E-state index contributed by atoms with van der Waals surface area (Å²) in [4.78, 5) is 0. The van der Waals surface area contributed by atoms with E-state index in [1.165, 1.54) is 6.07 Å². The Balaban J connectivity index is 2.03. The van der Waals surface area contributed by atoms with Crippen molar-refractivity contribution >= 4 is 0 Å². The summed E-state index contributed by atoms with van der Waals surface area (Å²) in [5.74, 6) is -0.151. The van der Waals surface area contributed by atoms with Gasteiger partial charge in [0.1, 0.15) is 17.4 Å². The molecule has 1 aromatic heterocycles. The Hall–Kier alpha value is -1.75. The van der Waals surface area contributed by atoms with Crippen LogP contribution < -0.4 is 5.32 Å². The second-order valence-electron chi connectivity index (χ2n) is 4.20. The maximum atomic E-state index is 13.5. The van der Waals surface area contributed by atoms with Gasteiger partial charge < -0.3 is 9.84 Å². The molecule has 5 heteroatoms. The standard InChI is InChI=1S/C13H14F2N2O/c1-8-5-11(17-18-8)7-16-9(2)12-6-10(14)3-4-13(12)15/h3-6,9,16H,7H2,1-2H3. The van der Waals surface area contributed by atoms with Crippen LogP contribution in [0.2, 0.25) is 0 Å². The van der Waals surface area contributed by atoms with E-state index in [9.17, 15) is 8.78 Å². The summed E-state index contributed by atoms with van der Waals surface area (Å²) in [5, 5.41) is 6.88. The zero-order valence-corrected chi connectivity index (χ0v) is 10.2. The molecule has 0 aliphatic heterocycles. The number of halogens is 2. The molecule has 0 spiro atoms. The Morgan fingerprint density at radius 3 is 2.78 bits per heavy atom. The first-order chi connectivity index (χ1) is 8.56. The van der Waals surface area contributed by atoms with Crippen molar-refractivity contribution < 1.29 is 13.3 Å². The van der Waals surface area contributed by atoms with Gasteiger partial charge in [-0.15, -0.1) is 0 Å². The summed E-state index contributed by atoms with van der Waals surface area (Å²) >= 11 is 0. The van der Waals surface area contributed by atoms with Gasteiger partial charge in [-0.05, 0) is 32.0 Å². The number of rotatable bonds is 4. The van der Waals surface area contributed by atoms with Crippen LogP contribution in [-0.4, -0.2) is 5.16 Å². The molecule has 1 unspecified atom stereocenters. The molecule has 96 valence electrons. The summed E-state index contributed by atoms with van der Waals surface area (Å²) in [7, 11) is 0. The second-order valence-corrected chi connectivity index (χ2v) is 4.20. The molecule has 1 aromatic carbocycles. The van der Waals surface area contributed by atoms with Crippen molar-refractivity contribution in [2.45, 2.75) is 26.4 Å². The summed E-state index contributed by atoms with van der Waals surface area (Å²) < 4.78 is 31.5. The highest BCUT2D eigenvalue weighted by atomic mass is 19.1. The van der Waals surface area contributed by atoms with Crippen LogP contribution in [0.5, 0.6) is 0 Å². The van der Waals surface area contributed by atoms with Gasteiger partial charge in [0.15, 0.2) is 0 Å². The zero-order chi connectivity index (χ0) is 13.1. The van der Waals surface area contributed by atoms with Crippen LogP contribution in [0.25, 0.3) is 0 Å². The zero-order valence-electron chi connectivity index (χ0n) is 10.2. The molecule has 1 atom stereocenters. The summed E-state index contributed by atoms with van der Waals surface area (Å²) in [5.41, 5.74) is 1.03. The molecule has 0 saturated carbocycles. The third kappa shape index (κ3) is 2.92. The van der Waals surface area contributed by atoms with Gasteiger partial charge >= 0.3 is 0 Å². The highest BCUT2D eigenvalue weighted by Gasteiger charge is 2.12. The first kappa shape index (κ1) is 12.7. The topological polar surface area (TPSA) is 38.1 Å². The molecule has 0 radical (unpaired) electrons. The maximum Gasteiger partial charge on any atom is 0.133 e. The summed E-state index contributed by atoms with van der Waals surface area (Å²) in [6, 6.07) is 4.91. The lowest BCUT2D eigenvalue weighted by atomic mass is 10.1. The van der Waals surface area contributed by atoms with Gasteiger partial charge in [0.2, 0.25) is 0 Å². The normalized spacial score (nSPS) is 12.7. The number of benzene rings is 1. The van der Waals surface area contributed by atoms with Crippen molar-refractivity contribution in [3.63, 3.8) is 0 Å². The molecule has 0 saturated heterocycles. The molecule has 0 bridgehead atoms. The molecule has 18 heavy (non-hydrogen) atoms. The van der Waals surface area contributed by atoms with E-state index in [4.69, 9.17) is 4.52 Å². The minimum absolute atomic E-state index is 0.301. The molecular formula is C13H14F2N2O. The maximum absolute atomic E-state index is 13.5. The molecule has 2 rings (SSSR count). The molecule has 0 aliphatic rings. The van der Waals surface area contributed by atoms with E-state index in [0.29, 0.717) is 12.1 Å². The Labute approximate surface area is 104 Å². The number of nitrogens with one attached hydrogen (secondary N) is 1. The Morgan fingerprint density at radius 1 is 1.33 bits per heavy atom. The van der Waals surface area contributed by atoms with Gasteiger partial charge in [-0.2, -0.15) is 0 Å². The molecule has 0 aliphatic carbocycles. The molecule has 1 heterocycles. The van der Waals surface area contributed by atoms with E-state index in [-0.39, 0.29) is 6.04 Å². The minimum Gasteiger partial charge on any atom is -0.361 e. The molecular weight excluding hydrogens is 238 g/mol. The number of hydrogen-bond acceptors (Lipinski definition) is 3. The second kappa shape index (κ2) is 5.27. The third-order valence-corrected chi connectivity index (χ3v) is 2.69. The number of nitrogens with zero attached hydrogens (tertiary/aromatic N) is 1. The van der Waals surface area contributed by atoms with Crippen molar-refractivity contribution in [2.75, 3.05) is 0 Å². The van der Waals surface area contributed by atoms with Gasteiger partial charge in [0.25, 0.3) is 0 Å². The largest absolute Gasteiger partial charge is 0.361 e. The lowest BCUT2D eigenvalue weighted by Gasteiger charge is -2.14. The van der Waals surface area contributed by atoms with Crippen molar-refractivity contribution in [2.24, 2.45) is 0 Å². The fraction of sp³-hybridized carbons (Fsp3) is 0.308. The van der Waals surface area contributed by atoms with Gasteiger partial charge in [-0.1, -0.05) is 5.16 Å². The predicted molar refractivity (Wildman–Crippen MR) is 62.9 cm³/mol. The van der Waals surface area contributed by atoms with Crippen LogP contribution in [0.15, 0.2) is 28.8 Å². The highest BCUT2D eigenvalue weighted by molar-refractivity contribution is 5.22. The van der Waals surface area contributed by atoms with Crippen molar-refractivity contribution in [1.29, 1.82) is 0 Å². The van der Waals surface area contributed by atoms with E-state index >= 15 is 0 Å². The average molecular weight is 252 g/mol. The highest BCUT2D eigenvalue weighted by Crippen LogP contribution is 2.18. The van der Waals surface area contributed by atoms with Gasteiger partial charge in [-0.3, -0.25) is 0 Å². The quantitative estimate of drug-likeness (QED) is 0.908. The number of hydrogen-bond donors (Lipinski definition) is 1. The van der Waals surface area contributed by atoms with Crippen LogP contribution in [0.3, 0.4) is 0 Å². The van der Waals surface area contributed by atoms with Crippen molar-refractivity contribution in [3.8, 4) is 0 Å². The smallest absolute Gasteiger partial charge is 0.133 e. The first-order valence-corrected chi connectivity index (χ1v) is 5.67. The lowest BCUT2D eigenvalue weighted by Crippen LogP contribution is -2.19. The third-order valence-electron chi connectivity index (χ3n) is 2.69. The van der Waals surface area contributed by atoms with Gasteiger partial charge in [0, 0.05) is 24.2 Å². The summed E-state index contributed by atoms with van der Waals surface area (Å²) in [6.45, 7) is 4.01. The SMILES string of the molecule is Cc1cc(CNC(C)c2cc(F)ccc2F)no1. The van der Waals surface area contributed by atoms with Crippen molar-refractivity contribution in [3.05, 3.63) is 52.9 Å². The van der Waals surface area contributed by atoms with E-state index in [1.54, 1.807) is 19.9 Å². The Morgan fingerprint density at radius 2 is 2.11 bits per heavy atom. The van der Waals surface area contributed by atoms with E-state index in [1.807, 2.05) is 0 Å². The summed E-state index contributed by atoms with van der Waals surface area (Å²) in [6.07, 6.45) is 0. The molecule has 2 aromatic rings. The number of aromatic nitrogens is 1.